The lowest BCUT2D eigenvalue weighted by Crippen LogP contribution is -2.74. The molecule has 17 nitrogen and oxygen atoms in total. The van der Waals surface area contributed by atoms with Crippen LogP contribution in [-0.2, 0) is 16.0 Å². The van der Waals surface area contributed by atoms with Gasteiger partial charge in [-0.2, -0.15) is 7.05 Å². The van der Waals surface area contributed by atoms with E-state index in [0.717, 1.165) is 63.5 Å². The van der Waals surface area contributed by atoms with E-state index in [0.29, 0.717) is 44.2 Å². The van der Waals surface area contributed by atoms with Gasteiger partial charge in [-0.05, 0) is 133 Å². The summed E-state index contributed by atoms with van der Waals surface area (Å²) >= 11 is 22.6. The number of methoxy groups -OCH3 is 2. The summed E-state index contributed by atoms with van der Waals surface area (Å²) in [5.41, 5.74) is 17.5. The molecule has 14 rings (SSSR count). The smallest absolute Gasteiger partial charge is 0.343 e. The molecule has 0 saturated carbocycles. The van der Waals surface area contributed by atoms with Crippen molar-refractivity contribution in [2.24, 2.45) is 0 Å². The number of esters is 1. The van der Waals surface area contributed by atoms with E-state index < -0.39 is 0 Å². The van der Waals surface area contributed by atoms with E-state index in [1.807, 2.05) is 227 Å². The Hall–Kier alpha value is -11.4. The zero-order valence-electron chi connectivity index (χ0n) is 71.7. The number of nitrogens with zero attached hydrogens (tertiary/aromatic N) is 1. The summed E-state index contributed by atoms with van der Waals surface area (Å²) in [7, 11) is 43.5. The molecular formula is C104H126Cl4N12O5. The minimum atomic E-state index is -0.328. The summed E-state index contributed by atoms with van der Waals surface area (Å²) in [6.45, 7) is 11.8. The van der Waals surface area contributed by atoms with Crippen molar-refractivity contribution < 1.29 is 82.2 Å². The third-order valence-corrected chi connectivity index (χ3v) is 18.5. The second-order valence-electron chi connectivity index (χ2n) is 26.3. The molecule has 0 atom stereocenters. The number of fused-ring (bicyclic) bond motifs is 1. The van der Waals surface area contributed by atoms with Crippen molar-refractivity contribution in [1.82, 2.24) is 4.98 Å². The van der Waals surface area contributed by atoms with Crippen LogP contribution in [0.2, 0.25) is 20.4 Å². The van der Waals surface area contributed by atoms with Gasteiger partial charge in [0.25, 0.3) is 0 Å². The fourth-order valence-electron chi connectivity index (χ4n) is 11.0. The Morgan fingerprint density at radius 1 is 0.392 bits per heavy atom. The molecule has 0 saturated heterocycles. The molecule has 14 aromatic rings. The van der Waals surface area contributed by atoms with Gasteiger partial charge in [-0.25, -0.2) is 9.78 Å². The van der Waals surface area contributed by atoms with Gasteiger partial charge in [0.05, 0.1) is 37.4 Å². The zero-order chi connectivity index (χ0) is 90.5. The summed E-state index contributed by atoms with van der Waals surface area (Å²) < 4.78 is 20.5. The second kappa shape index (κ2) is 65.3. The first-order valence-electron chi connectivity index (χ1n) is 39.7. The Bertz CT molecular complexity index is 5190. The molecule has 22 N–H and O–H groups in total. The molecule has 0 bridgehead atoms. The molecule has 0 amide bonds. The summed E-state index contributed by atoms with van der Waals surface area (Å²) in [6.07, 6.45) is 0. The topological polar surface area (TPSA) is 250 Å². The Kier molecular flexibility index (Phi) is 56.3. The van der Waals surface area contributed by atoms with Gasteiger partial charge in [0.2, 0.25) is 0 Å². The molecule has 0 fully saturated rings. The van der Waals surface area contributed by atoms with E-state index >= 15 is 0 Å². The van der Waals surface area contributed by atoms with Crippen LogP contribution < -0.4 is 68.0 Å². The Balaban J connectivity index is 0.000000356. The molecular weight excluding hydrogens is 1640 g/mol. The van der Waals surface area contributed by atoms with Crippen LogP contribution in [0.1, 0.15) is 61.2 Å². The number of quaternary nitrogens is 11. The lowest BCUT2D eigenvalue weighted by molar-refractivity contribution is -0.612. The molecule has 0 aliphatic carbocycles. The number of carbonyl (C=O) groups excluding carboxylic acids is 1. The quantitative estimate of drug-likeness (QED) is 0.0110. The van der Waals surface area contributed by atoms with E-state index in [-0.39, 0.29) is 13.4 Å². The maximum Gasteiger partial charge on any atom is 0.343 e. The molecule has 0 aliphatic rings. The number of aromatic nitrogens is 1. The molecule has 0 aliphatic heterocycles. The zero-order valence-corrected chi connectivity index (χ0v) is 74.7. The number of pyridine rings is 1. The number of para-hydroxylation sites is 5. The number of hydrogen-bond donors (Lipinski definition) is 11. The van der Waals surface area contributed by atoms with Crippen LogP contribution in [0.15, 0.2) is 346 Å². The monoisotopic (exact) mass is 1760 g/mol. The minimum absolute atomic E-state index is 0. The lowest BCUT2D eigenvalue weighted by atomic mass is 10.0. The van der Waals surface area contributed by atoms with Gasteiger partial charge < -0.3 is 77.4 Å². The van der Waals surface area contributed by atoms with Crippen LogP contribution in [0.25, 0.3) is 27.7 Å². The van der Waals surface area contributed by atoms with Crippen LogP contribution in [0.3, 0.4) is 0 Å². The standard InChI is InChI=1S/C13H13NO.C13H13N.C11H15NO.C11H11N.C10H15N.C9H11NO2.C8H11NO.C8H11N.C7H7Cl2N.C7H9N.C6H6Cl2N2.CH4/c1-14-11-6-5-9-13(10-11)15-12-7-3-2-4-8-12;1-14-13-10-6-5-9-12(13)11-7-3-2-4-8-11;1-4-13-9(2)10-6-5-7-11(8-10)12-3;1-12-11-8-4-6-9-5-2-3-7-10(9)11;1-8(2)9-6-4-5-7-10(9)11-3;1-10-8-6-4-3-5-7(8)9(11)12-2;1-9-7-3-5-8(10-2)6-4-7;1-9-7-8-5-3-2-4-6-8;1-10-5-2-3-6(8)7(9)4-5;1-8-7-5-3-2-4-6-7;1-9-4-2-5(7)10-6(8)3-4;/h2-10H,1,14H2;2-10H,1,14H2;5-8H,2-4,12H2,1H3;2-8H,1,12H2;4-8H,3,11H2,1-2H3;3-6H,1,10H2,2H3;3-6H,1,9H2,2H3;2-6H,1,7,9H2;2-4H,1,10H2;2-6H,1,8H2;2-3H,1,9H2;1H4. The summed E-state index contributed by atoms with van der Waals surface area (Å²) in [6, 6.07) is 111. The third kappa shape index (κ3) is 42.7. The highest BCUT2D eigenvalue weighted by Crippen LogP contribution is 2.27. The molecule has 0 unspecified atom stereocenters. The summed E-state index contributed by atoms with van der Waals surface area (Å²) in [4.78, 5) is 14.9. The number of hydrogen-bond acceptors (Lipinski definition) is 6. The fraction of sp³-hybridized carbons (Fsp3) is 0.0865. The number of benzene rings is 13. The first kappa shape index (κ1) is 108. The molecule has 0 spiro atoms. The molecule has 0 radical (unpaired) electrons. The number of carbonyl (C=O) groups is 1. The third-order valence-electron chi connectivity index (χ3n) is 17.4. The largest absolute Gasteiger partial charge is 0.497 e. The van der Waals surface area contributed by atoms with Crippen molar-refractivity contribution >= 4 is 126 Å². The minimum Gasteiger partial charge on any atom is -0.497 e. The van der Waals surface area contributed by atoms with E-state index in [1.54, 1.807) is 70.1 Å². The molecule has 660 valence electrons. The number of halogens is 4. The average molecular weight is 1770 g/mol. The van der Waals surface area contributed by atoms with Gasteiger partial charge >= 0.3 is 5.97 Å². The van der Waals surface area contributed by atoms with Crippen molar-refractivity contribution in [2.45, 2.75) is 40.7 Å². The van der Waals surface area contributed by atoms with Crippen LogP contribution in [0, 0.1) is 77.5 Å². The maximum absolute atomic E-state index is 11.1. The van der Waals surface area contributed by atoms with E-state index in [1.165, 1.54) is 62.9 Å². The number of ether oxygens (including phenoxy) is 4. The highest BCUT2D eigenvalue weighted by Gasteiger charge is 2.12. The van der Waals surface area contributed by atoms with Crippen molar-refractivity contribution in [2.75, 3.05) is 20.8 Å². The van der Waals surface area contributed by atoms with Gasteiger partial charge in [0.1, 0.15) is 95.8 Å². The molecule has 1 heterocycles. The van der Waals surface area contributed by atoms with Crippen LogP contribution in [0.4, 0.5) is 56.9 Å². The van der Waals surface area contributed by atoms with Crippen LogP contribution in [-0.4, -0.2) is 31.8 Å². The van der Waals surface area contributed by atoms with Gasteiger partial charge in [0, 0.05) is 70.1 Å². The predicted molar refractivity (Wildman–Crippen MR) is 518 cm³/mol. The van der Waals surface area contributed by atoms with Crippen molar-refractivity contribution in [3.8, 4) is 28.4 Å². The van der Waals surface area contributed by atoms with Gasteiger partial charge in [0.15, 0.2) is 0 Å². The summed E-state index contributed by atoms with van der Waals surface area (Å²) in [5.74, 6) is 3.53. The SMILES string of the molecule is C.C=C(OCC)c1cccc([NH2+][CH2-])c1.[CH2-][NH2+]Cc1ccccc1.[CH2-][NH2+]c1cc(Cl)nc(Cl)c1.[CH2-][NH2+]c1ccc(Cl)c(Cl)c1.[CH2-][NH2+]c1ccc(OC)cc1.[CH2-][NH2+]c1cccc(Oc2ccccc2)c1.[CH2-][NH2+]c1cccc2ccccc12.[CH2-][NH2+]c1ccccc1.[CH2-][NH2+]c1ccccc1-c1ccccc1.[CH2-][NH2+]c1ccccc1C(=O)OC.[CH2-][NH2+]c1ccccc1C(C)C. The predicted octanol–water partition coefficient (Wildman–Crippen LogP) is 16.5. The van der Waals surface area contributed by atoms with Gasteiger partial charge in [-0.15, -0.1) is 70.5 Å². The van der Waals surface area contributed by atoms with Crippen molar-refractivity contribution in [1.29, 1.82) is 0 Å². The van der Waals surface area contributed by atoms with E-state index in [4.69, 9.17) is 60.6 Å². The molecule has 125 heavy (non-hydrogen) atoms. The number of nitrogens with two attached hydrogens (primary N) is 11. The lowest BCUT2D eigenvalue weighted by Gasteiger charge is -2.09. The van der Waals surface area contributed by atoms with Crippen LogP contribution >= 0.6 is 46.4 Å². The molecule has 1 aromatic heterocycles. The Morgan fingerprint density at radius 2 is 0.832 bits per heavy atom. The normalized spacial score (nSPS) is 9.77. The van der Waals surface area contributed by atoms with Crippen LogP contribution in [0.5, 0.6) is 17.2 Å². The van der Waals surface area contributed by atoms with Crippen molar-refractivity contribution in [3.05, 3.63) is 466 Å². The highest BCUT2D eigenvalue weighted by atomic mass is 35.5. The summed E-state index contributed by atoms with van der Waals surface area (Å²) in [5, 5.41) is 24.4. The Labute approximate surface area is 764 Å². The van der Waals surface area contributed by atoms with E-state index in [9.17, 15) is 4.79 Å². The van der Waals surface area contributed by atoms with Gasteiger partial charge in [-0.3, -0.25) is 0 Å². The van der Waals surface area contributed by atoms with E-state index in [2.05, 4.69) is 223 Å². The molecule has 13 aromatic carbocycles. The molecule has 21 heteroatoms. The Morgan fingerprint density at radius 3 is 1.36 bits per heavy atom. The van der Waals surface area contributed by atoms with Crippen molar-refractivity contribution in [3.63, 3.8) is 0 Å². The fourth-order valence-corrected chi connectivity index (χ4v) is 11.7. The maximum atomic E-state index is 11.1. The first-order valence-corrected chi connectivity index (χ1v) is 41.2. The highest BCUT2D eigenvalue weighted by molar-refractivity contribution is 6.42. The second-order valence-corrected chi connectivity index (χ2v) is 27.9. The average Bonchev–Trinajstić information content (AvgIpc) is 0.835. The number of rotatable bonds is 21. The van der Waals surface area contributed by atoms with Gasteiger partial charge in [-0.1, -0.05) is 262 Å². The first-order chi connectivity index (χ1) is 60.2.